The van der Waals surface area contributed by atoms with Crippen molar-refractivity contribution in [2.45, 2.75) is 18.2 Å². The molecule has 1 aliphatic heterocycles. The minimum atomic E-state index is -3.46. The zero-order valence-electron chi connectivity index (χ0n) is 10.6. The Hall–Kier alpha value is -1.18. The molecule has 0 aromatic carbocycles. The van der Waals surface area contributed by atoms with Crippen LogP contribution in [0.2, 0.25) is 0 Å². The van der Waals surface area contributed by atoms with Crippen LogP contribution in [0.3, 0.4) is 0 Å². The minimum Gasteiger partial charge on any atom is -0.313 e. The number of sulfonamides is 1. The van der Waals surface area contributed by atoms with Crippen molar-refractivity contribution < 1.29 is 8.42 Å². The largest absolute Gasteiger partial charge is 0.313 e. The summed E-state index contributed by atoms with van der Waals surface area (Å²) in [6, 6.07) is 0. The fourth-order valence-corrected chi connectivity index (χ4v) is 3.08. The molecule has 0 aliphatic carbocycles. The lowest BCUT2D eigenvalue weighted by Gasteiger charge is -2.14. The van der Waals surface area contributed by atoms with E-state index >= 15 is 0 Å². The minimum absolute atomic E-state index is 0.250. The number of nitrogens with zero attached hydrogens (tertiary/aromatic N) is 2. The van der Waals surface area contributed by atoms with E-state index in [9.17, 15) is 8.42 Å². The Morgan fingerprint density at radius 2 is 2.33 bits per heavy atom. The lowest BCUT2D eigenvalue weighted by molar-refractivity contribution is 0.581. The van der Waals surface area contributed by atoms with E-state index < -0.39 is 10.0 Å². The predicted octanol–water partition coefficient (Wildman–Crippen LogP) is -0.0735. The Morgan fingerprint density at radius 3 is 2.89 bits per heavy atom. The Bertz CT molecular complexity index is 560. The van der Waals surface area contributed by atoms with Crippen molar-refractivity contribution in [3.8, 4) is 0 Å². The van der Waals surface area contributed by atoms with Gasteiger partial charge in [-0.15, -0.1) is 0 Å². The molecule has 2 rings (SSSR count). The third-order valence-electron chi connectivity index (χ3n) is 3.13. The highest BCUT2D eigenvalue weighted by molar-refractivity contribution is 7.89. The molecule has 0 saturated carbocycles. The second-order valence-electron chi connectivity index (χ2n) is 4.36. The van der Waals surface area contributed by atoms with E-state index in [1.807, 2.05) is 6.08 Å². The highest BCUT2D eigenvalue weighted by Crippen LogP contribution is 2.13. The van der Waals surface area contributed by atoms with E-state index in [1.165, 1.54) is 6.20 Å². The molecule has 0 amide bonds. The van der Waals surface area contributed by atoms with E-state index in [4.69, 9.17) is 0 Å². The molecular weight excluding hydrogens is 252 g/mol. The normalized spacial score (nSPS) is 16.7. The average molecular weight is 270 g/mol. The van der Waals surface area contributed by atoms with E-state index in [0.717, 1.165) is 25.1 Å². The van der Waals surface area contributed by atoms with Gasteiger partial charge < -0.3 is 5.32 Å². The monoisotopic (exact) mass is 270 g/mol. The molecule has 0 fully saturated rings. The number of nitrogens with one attached hydrogen (secondary N) is 2. The average Bonchev–Trinajstić information content (AvgIpc) is 2.70. The van der Waals surface area contributed by atoms with Gasteiger partial charge in [0.05, 0.1) is 11.9 Å². The number of rotatable bonds is 4. The molecule has 1 aromatic rings. The van der Waals surface area contributed by atoms with E-state index in [0.29, 0.717) is 12.2 Å². The molecule has 0 spiro atoms. The molecule has 0 saturated heterocycles. The lowest BCUT2D eigenvalue weighted by atomic mass is 10.1. The van der Waals surface area contributed by atoms with Gasteiger partial charge in [0.25, 0.3) is 0 Å². The summed E-state index contributed by atoms with van der Waals surface area (Å²) in [5, 5.41) is 7.14. The van der Waals surface area contributed by atoms with Crippen molar-refractivity contribution in [3.05, 3.63) is 23.5 Å². The summed E-state index contributed by atoms with van der Waals surface area (Å²) in [6.07, 6.45) is 4.30. The van der Waals surface area contributed by atoms with Crippen LogP contribution in [0.1, 0.15) is 12.1 Å². The molecule has 0 atom stereocenters. The highest BCUT2D eigenvalue weighted by atomic mass is 32.2. The molecule has 2 heterocycles. The fraction of sp³-hybridized carbons (Fsp3) is 0.545. The summed E-state index contributed by atoms with van der Waals surface area (Å²) in [5.74, 6) is 0. The summed E-state index contributed by atoms with van der Waals surface area (Å²) >= 11 is 0. The van der Waals surface area contributed by atoms with Crippen LogP contribution in [0, 0.1) is 6.92 Å². The van der Waals surface area contributed by atoms with Crippen LogP contribution < -0.4 is 10.0 Å². The van der Waals surface area contributed by atoms with Gasteiger partial charge in [-0.05, 0) is 19.9 Å². The van der Waals surface area contributed by atoms with E-state index in [-0.39, 0.29) is 4.90 Å². The first-order valence-electron chi connectivity index (χ1n) is 5.87. The molecule has 0 radical (unpaired) electrons. The molecule has 1 aromatic heterocycles. The van der Waals surface area contributed by atoms with Crippen LogP contribution in [0.25, 0.3) is 0 Å². The molecule has 7 heteroatoms. The first kappa shape index (κ1) is 13.3. The summed E-state index contributed by atoms with van der Waals surface area (Å²) < 4.78 is 28.4. The Labute approximate surface area is 107 Å². The van der Waals surface area contributed by atoms with Gasteiger partial charge in [0.2, 0.25) is 10.0 Å². The summed E-state index contributed by atoms with van der Waals surface area (Å²) in [4.78, 5) is 0.250. The standard InChI is InChI=1S/C11H18N4O2S/c1-9-11(8-13-15(9)2)18(16,17)14-7-10-3-5-12-6-4-10/h3,8,12,14H,4-7H2,1-2H3. The van der Waals surface area contributed by atoms with Crippen molar-refractivity contribution in [2.75, 3.05) is 19.6 Å². The molecular formula is C11H18N4O2S. The molecule has 100 valence electrons. The first-order chi connectivity index (χ1) is 8.50. The van der Waals surface area contributed by atoms with Crippen molar-refractivity contribution in [1.82, 2.24) is 19.8 Å². The smallest absolute Gasteiger partial charge is 0.244 e. The van der Waals surface area contributed by atoms with Crippen LogP contribution in [0.5, 0.6) is 0 Å². The molecule has 6 nitrogen and oxygen atoms in total. The van der Waals surface area contributed by atoms with E-state index in [2.05, 4.69) is 15.1 Å². The maximum absolute atomic E-state index is 12.1. The zero-order valence-corrected chi connectivity index (χ0v) is 11.4. The molecule has 0 bridgehead atoms. The van der Waals surface area contributed by atoms with Gasteiger partial charge in [0.15, 0.2) is 0 Å². The number of aryl methyl sites for hydroxylation is 1. The van der Waals surface area contributed by atoms with Crippen molar-refractivity contribution in [1.29, 1.82) is 0 Å². The van der Waals surface area contributed by atoms with Gasteiger partial charge in [0, 0.05) is 20.1 Å². The summed E-state index contributed by atoms with van der Waals surface area (Å²) in [5.41, 5.74) is 1.76. The molecule has 0 unspecified atom stereocenters. The second kappa shape index (κ2) is 5.21. The van der Waals surface area contributed by atoms with Crippen molar-refractivity contribution >= 4 is 10.0 Å². The van der Waals surface area contributed by atoms with Crippen molar-refractivity contribution in [2.24, 2.45) is 7.05 Å². The first-order valence-corrected chi connectivity index (χ1v) is 7.36. The second-order valence-corrected chi connectivity index (χ2v) is 6.09. The van der Waals surface area contributed by atoms with Crippen LogP contribution in [0.15, 0.2) is 22.7 Å². The van der Waals surface area contributed by atoms with Gasteiger partial charge in [0.1, 0.15) is 4.90 Å². The maximum Gasteiger partial charge on any atom is 0.244 e. The summed E-state index contributed by atoms with van der Waals surface area (Å²) in [7, 11) is -1.74. The van der Waals surface area contributed by atoms with Crippen LogP contribution in [-0.2, 0) is 17.1 Å². The number of hydrogen-bond donors (Lipinski definition) is 2. The van der Waals surface area contributed by atoms with Gasteiger partial charge >= 0.3 is 0 Å². The number of hydrogen-bond acceptors (Lipinski definition) is 4. The fourth-order valence-electron chi connectivity index (χ4n) is 1.84. The van der Waals surface area contributed by atoms with Crippen LogP contribution >= 0.6 is 0 Å². The highest BCUT2D eigenvalue weighted by Gasteiger charge is 2.20. The quantitative estimate of drug-likeness (QED) is 0.751. The Kier molecular flexibility index (Phi) is 3.84. The van der Waals surface area contributed by atoms with E-state index in [1.54, 1.807) is 18.7 Å². The van der Waals surface area contributed by atoms with Gasteiger partial charge in [-0.2, -0.15) is 5.10 Å². The van der Waals surface area contributed by atoms with Crippen LogP contribution in [0.4, 0.5) is 0 Å². The summed E-state index contributed by atoms with van der Waals surface area (Å²) in [6.45, 7) is 3.83. The third-order valence-corrected chi connectivity index (χ3v) is 4.63. The maximum atomic E-state index is 12.1. The lowest BCUT2D eigenvalue weighted by Crippen LogP contribution is -2.30. The Balaban J connectivity index is 2.08. The molecule has 1 aliphatic rings. The SMILES string of the molecule is Cc1c(S(=O)(=O)NCC2=CCNCC2)cnn1C. The zero-order chi connectivity index (χ0) is 13.2. The van der Waals surface area contributed by atoms with Gasteiger partial charge in [-0.3, -0.25) is 4.68 Å². The number of aromatic nitrogens is 2. The topological polar surface area (TPSA) is 76.0 Å². The van der Waals surface area contributed by atoms with Gasteiger partial charge in [-0.25, -0.2) is 13.1 Å². The van der Waals surface area contributed by atoms with Crippen LogP contribution in [-0.4, -0.2) is 37.8 Å². The molecule has 2 N–H and O–H groups in total. The van der Waals surface area contributed by atoms with Crippen molar-refractivity contribution in [3.63, 3.8) is 0 Å². The predicted molar refractivity (Wildman–Crippen MR) is 68.7 cm³/mol. The molecule has 18 heavy (non-hydrogen) atoms. The Morgan fingerprint density at radius 1 is 1.56 bits per heavy atom. The third kappa shape index (κ3) is 2.80. The van der Waals surface area contributed by atoms with Gasteiger partial charge in [-0.1, -0.05) is 11.6 Å².